The molecule has 2 nitrogen and oxygen atoms in total. The minimum Gasteiger partial charge on any atom is -0.497 e. The Morgan fingerprint density at radius 1 is 0.750 bits per heavy atom. The number of benzene rings is 5. The topological polar surface area (TPSA) is 21.6 Å². The van der Waals surface area contributed by atoms with E-state index < -0.39 is 0 Å². The Hall–Kier alpha value is -3.65. The Labute approximate surface area is 163 Å². The number of nitrogens with zero attached hydrogens (tertiary/aromatic N) is 1. The van der Waals surface area contributed by atoms with Gasteiger partial charge in [-0.2, -0.15) is 0 Å². The van der Waals surface area contributed by atoms with E-state index in [2.05, 4.69) is 59.6 Å². The van der Waals surface area contributed by atoms with E-state index in [4.69, 9.17) is 4.74 Å². The Morgan fingerprint density at radius 3 is 2.25 bits per heavy atom. The first-order chi connectivity index (χ1) is 13.8. The molecule has 28 heavy (non-hydrogen) atoms. The van der Waals surface area contributed by atoms with Gasteiger partial charge in [0, 0.05) is 18.0 Å². The van der Waals surface area contributed by atoms with Gasteiger partial charge >= 0.3 is 0 Å². The van der Waals surface area contributed by atoms with Crippen LogP contribution in [0.15, 0.2) is 90.1 Å². The lowest BCUT2D eigenvalue weighted by Gasteiger charge is -2.12. The van der Waals surface area contributed by atoms with E-state index in [0.717, 1.165) is 16.9 Å². The van der Waals surface area contributed by atoms with Crippen LogP contribution in [0.4, 0.5) is 0 Å². The number of methoxy groups -OCH3 is 1. The van der Waals surface area contributed by atoms with Gasteiger partial charge in [0.2, 0.25) is 0 Å². The molecule has 0 atom stereocenters. The zero-order chi connectivity index (χ0) is 18.9. The molecule has 0 aliphatic rings. The number of hydrogen-bond donors (Lipinski definition) is 0. The molecule has 0 aliphatic heterocycles. The van der Waals surface area contributed by atoms with Crippen LogP contribution in [0, 0.1) is 0 Å². The molecular weight excluding hydrogens is 342 g/mol. The van der Waals surface area contributed by atoms with Crippen molar-refractivity contribution >= 4 is 44.6 Å². The Morgan fingerprint density at radius 2 is 1.46 bits per heavy atom. The van der Waals surface area contributed by atoms with Crippen LogP contribution in [0.2, 0.25) is 0 Å². The second-order valence-electron chi connectivity index (χ2n) is 6.88. The number of ether oxygens (including phenoxy) is 1. The fourth-order valence-electron chi connectivity index (χ4n) is 3.86. The molecule has 0 unspecified atom stereocenters. The van der Waals surface area contributed by atoms with Crippen LogP contribution in [-0.2, 0) is 0 Å². The number of rotatable bonds is 4. The zero-order valence-corrected chi connectivity index (χ0v) is 15.6. The molecule has 0 spiro atoms. The lowest BCUT2D eigenvalue weighted by atomic mass is 9.92. The lowest BCUT2D eigenvalue weighted by molar-refractivity contribution is 0.415. The standard InChI is InChI=1S/C26H19NO/c1-28-23-12-8-18(9-13-23)14-15-27-17-22-16-21-6-2-4-19-10-11-20-5-3-7-24(22)26(20)25(19)21/h2-17H,1H3/b15-14+,27-17?. The van der Waals surface area contributed by atoms with Crippen LogP contribution in [0.3, 0.4) is 0 Å². The molecule has 2 heteroatoms. The van der Waals surface area contributed by atoms with Crippen molar-refractivity contribution < 1.29 is 4.74 Å². The third kappa shape index (κ3) is 2.80. The minimum atomic E-state index is 0.856. The van der Waals surface area contributed by atoms with E-state index in [1.165, 1.54) is 32.3 Å². The van der Waals surface area contributed by atoms with Crippen molar-refractivity contribution in [3.63, 3.8) is 0 Å². The van der Waals surface area contributed by atoms with Gasteiger partial charge in [0.15, 0.2) is 0 Å². The zero-order valence-electron chi connectivity index (χ0n) is 15.6. The third-order valence-corrected chi connectivity index (χ3v) is 5.22. The first-order valence-electron chi connectivity index (χ1n) is 9.34. The Bertz CT molecular complexity index is 1330. The second kappa shape index (κ2) is 6.82. The molecule has 0 N–H and O–H groups in total. The maximum absolute atomic E-state index is 5.19. The highest BCUT2D eigenvalue weighted by molar-refractivity contribution is 6.26. The van der Waals surface area contributed by atoms with Crippen molar-refractivity contribution in [1.29, 1.82) is 0 Å². The summed E-state index contributed by atoms with van der Waals surface area (Å²) >= 11 is 0. The normalized spacial score (nSPS) is 12.2. The minimum absolute atomic E-state index is 0.856. The molecule has 0 saturated heterocycles. The first-order valence-corrected chi connectivity index (χ1v) is 9.34. The number of hydrogen-bond acceptors (Lipinski definition) is 2. The maximum atomic E-state index is 5.19. The predicted octanol–water partition coefficient (Wildman–Crippen LogP) is 6.68. The van der Waals surface area contributed by atoms with E-state index >= 15 is 0 Å². The van der Waals surface area contributed by atoms with E-state index in [-0.39, 0.29) is 0 Å². The summed E-state index contributed by atoms with van der Waals surface area (Å²) in [5.74, 6) is 0.856. The van der Waals surface area contributed by atoms with Crippen molar-refractivity contribution in [1.82, 2.24) is 0 Å². The maximum Gasteiger partial charge on any atom is 0.118 e. The van der Waals surface area contributed by atoms with Crippen molar-refractivity contribution in [2.75, 3.05) is 7.11 Å². The summed E-state index contributed by atoms with van der Waals surface area (Å²) in [6.07, 6.45) is 5.78. The van der Waals surface area contributed by atoms with Crippen LogP contribution in [0.5, 0.6) is 5.75 Å². The molecule has 5 aromatic carbocycles. The van der Waals surface area contributed by atoms with Crippen LogP contribution in [0.1, 0.15) is 11.1 Å². The summed E-state index contributed by atoms with van der Waals surface area (Å²) in [4.78, 5) is 4.55. The summed E-state index contributed by atoms with van der Waals surface area (Å²) in [6.45, 7) is 0. The van der Waals surface area contributed by atoms with Gasteiger partial charge in [-0.15, -0.1) is 0 Å². The molecular formula is C26H19NO. The summed E-state index contributed by atoms with van der Waals surface area (Å²) in [7, 11) is 1.67. The second-order valence-corrected chi connectivity index (χ2v) is 6.88. The largest absolute Gasteiger partial charge is 0.497 e. The molecule has 5 rings (SSSR count). The molecule has 0 fully saturated rings. The summed E-state index contributed by atoms with van der Waals surface area (Å²) in [5, 5.41) is 7.69. The van der Waals surface area contributed by atoms with Gasteiger partial charge in [-0.3, -0.25) is 4.99 Å². The highest BCUT2D eigenvalue weighted by atomic mass is 16.5. The average Bonchev–Trinajstić information content (AvgIpc) is 2.76. The molecule has 5 aromatic rings. The highest BCUT2D eigenvalue weighted by Crippen LogP contribution is 2.35. The van der Waals surface area contributed by atoms with Crippen molar-refractivity contribution in [3.8, 4) is 5.75 Å². The summed E-state index contributed by atoms with van der Waals surface area (Å²) in [6, 6.07) is 27.5. The molecule has 0 amide bonds. The Kier molecular flexibility index (Phi) is 4.02. The molecule has 134 valence electrons. The van der Waals surface area contributed by atoms with Crippen molar-refractivity contribution in [2.45, 2.75) is 0 Å². The molecule has 0 heterocycles. The van der Waals surface area contributed by atoms with Gasteiger partial charge in [0.1, 0.15) is 5.75 Å². The van der Waals surface area contributed by atoms with Gasteiger partial charge in [0.25, 0.3) is 0 Å². The fourth-order valence-corrected chi connectivity index (χ4v) is 3.86. The van der Waals surface area contributed by atoms with Crippen LogP contribution < -0.4 is 4.74 Å². The van der Waals surface area contributed by atoms with Gasteiger partial charge < -0.3 is 4.74 Å². The highest BCUT2D eigenvalue weighted by Gasteiger charge is 2.10. The number of aliphatic imine (C=N–C) groups is 1. The summed E-state index contributed by atoms with van der Waals surface area (Å²) < 4.78 is 5.19. The third-order valence-electron chi connectivity index (χ3n) is 5.22. The predicted molar refractivity (Wildman–Crippen MR) is 120 cm³/mol. The summed E-state index contributed by atoms with van der Waals surface area (Å²) in [5.41, 5.74) is 2.23. The van der Waals surface area contributed by atoms with E-state index in [1.807, 2.05) is 42.8 Å². The van der Waals surface area contributed by atoms with E-state index in [0.29, 0.717) is 0 Å². The monoisotopic (exact) mass is 361 g/mol. The van der Waals surface area contributed by atoms with Crippen LogP contribution in [0.25, 0.3) is 38.4 Å². The Balaban J connectivity index is 1.56. The molecule has 0 aromatic heterocycles. The fraction of sp³-hybridized carbons (Fsp3) is 0.0385. The molecule has 0 saturated carbocycles. The van der Waals surface area contributed by atoms with Gasteiger partial charge in [-0.25, -0.2) is 0 Å². The van der Waals surface area contributed by atoms with Crippen molar-refractivity contribution in [3.05, 3.63) is 96.2 Å². The molecule has 0 radical (unpaired) electrons. The van der Waals surface area contributed by atoms with Crippen LogP contribution >= 0.6 is 0 Å². The average molecular weight is 361 g/mol. The quantitative estimate of drug-likeness (QED) is 0.258. The molecule has 0 aliphatic carbocycles. The van der Waals surface area contributed by atoms with Gasteiger partial charge in [-0.1, -0.05) is 60.7 Å². The smallest absolute Gasteiger partial charge is 0.118 e. The van der Waals surface area contributed by atoms with E-state index in [1.54, 1.807) is 7.11 Å². The van der Waals surface area contributed by atoms with Gasteiger partial charge in [-0.05, 0) is 62.2 Å². The van der Waals surface area contributed by atoms with Crippen molar-refractivity contribution in [2.24, 2.45) is 4.99 Å². The van der Waals surface area contributed by atoms with E-state index in [9.17, 15) is 0 Å². The first kappa shape index (κ1) is 16.5. The lowest BCUT2D eigenvalue weighted by Crippen LogP contribution is -1.89. The molecule has 0 bridgehead atoms. The van der Waals surface area contributed by atoms with Gasteiger partial charge in [0.05, 0.1) is 7.11 Å². The van der Waals surface area contributed by atoms with Crippen LogP contribution in [-0.4, -0.2) is 13.3 Å². The SMILES string of the molecule is COc1ccc(/C=C/N=Cc2cc3cccc4ccc5cccc2c5c43)cc1.